The molecule has 108 valence electrons. The predicted molar refractivity (Wildman–Crippen MR) is 79.5 cm³/mol. The molecule has 0 spiro atoms. The van der Waals surface area contributed by atoms with Crippen molar-refractivity contribution in [2.24, 2.45) is 0 Å². The lowest BCUT2D eigenvalue weighted by Gasteiger charge is -2.07. The van der Waals surface area contributed by atoms with Crippen LogP contribution in [0.25, 0.3) is 22.3 Å². The highest BCUT2D eigenvalue weighted by Crippen LogP contribution is 2.27. The zero-order valence-electron chi connectivity index (χ0n) is 11.1. The lowest BCUT2D eigenvalue weighted by Crippen LogP contribution is -2.06. The van der Waals surface area contributed by atoms with Gasteiger partial charge in [-0.15, -0.1) is 10.2 Å². The molecule has 6 nitrogen and oxygen atoms in total. The maximum absolute atomic E-state index is 11.5. The Bertz CT molecular complexity index is 916. The van der Waals surface area contributed by atoms with Crippen LogP contribution in [0.15, 0.2) is 41.7 Å². The van der Waals surface area contributed by atoms with Gasteiger partial charge in [0.25, 0.3) is 14.2 Å². The lowest BCUT2D eigenvalue weighted by molar-refractivity contribution is 0.582. The quantitative estimate of drug-likeness (QED) is 0.692. The number of benzene rings is 1. The molecule has 0 aliphatic carbocycles. The van der Waals surface area contributed by atoms with E-state index in [-0.39, 0.29) is 5.16 Å². The average molecular weight is 323 g/mol. The van der Waals surface area contributed by atoms with Crippen LogP contribution in [0.2, 0.25) is 0 Å². The van der Waals surface area contributed by atoms with Gasteiger partial charge in [-0.1, -0.05) is 24.3 Å². The van der Waals surface area contributed by atoms with E-state index in [1.807, 2.05) is 30.3 Å². The van der Waals surface area contributed by atoms with Crippen molar-refractivity contribution in [2.75, 3.05) is 0 Å². The van der Waals surface area contributed by atoms with E-state index in [1.54, 1.807) is 13.1 Å². The normalized spacial score (nSPS) is 11.9. The maximum atomic E-state index is 11.5. The molecule has 0 atom stereocenters. The third-order valence-corrected chi connectivity index (χ3v) is 4.29. The Kier molecular flexibility index (Phi) is 3.38. The third kappa shape index (κ3) is 2.38. The molecule has 21 heavy (non-hydrogen) atoms. The molecule has 3 aromatic rings. The van der Waals surface area contributed by atoms with Crippen LogP contribution >= 0.6 is 10.7 Å². The summed E-state index contributed by atoms with van der Waals surface area (Å²) in [4.78, 5) is 4.32. The van der Waals surface area contributed by atoms with Crippen molar-refractivity contribution in [3.8, 4) is 11.5 Å². The Hall–Kier alpha value is -1.99. The van der Waals surface area contributed by atoms with Gasteiger partial charge in [-0.3, -0.25) is 9.55 Å². The summed E-state index contributed by atoms with van der Waals surface area (Å²) in [6, 6.07) is 9.54. The number of hydrogen-bond acceptors (Lipinski definition) is 5. The standard InChI is InChI=1S/C13H11ClN4O2S/c1-2-18-12(16-17-13(18)21(14,19)20)11-10-6-4-3-5-9(10)7-8-15-11/h3-8H,2H2,1H3. The van der Waals surface area contributed by atoms with Gasteiger partial charge < -0.3 is 0 Å². The van der Waals surface area contributed by atoms with Gasteiger partial charge in [0.05, 0.1) is 0 Å². The van der Waals surface area contributed by atoms with E-state index in [0.29, 0.717) is 18.1 Å². The number of hydrogen-bond donors (Lipinski definition) is 0. The second-order valence-electron chi connectivity index (χ2n) is 4.37. The van der Waals surface area contributed by atoms with Gasteiger partial charge in [-0.2, -0.15) is 0 Å². The molecule has 1 aromatic carbocycles. The molecule has 0 fully saturated rings. The van der Waals surface area contributed by atoms with E-state index >= 15 is 0 Å². The zero-order valence-corrected chi connectivity index (χ0v) is 12.6. The summed E-state index contributed by atoms with van der Waals surface area (Å²) in [7, 11) is 1.44. The van der Waals surface area contributed by atoms with Crippen molar-refractivity contribution in [1.82, 2.24) is 19.7 Å². The summed E-state index contributed by atoms with van der Waals surface area (Å²) in [5.41, 5.74) is 0.578. The number of halogens is 1. The van der Waals surface area contributed by atoms with Gasteiger partial charge in [0.1, 0.15) is 5.69 Å². The first-order valence-electron chi connectivity index (χ1n) is 6.24. The van der Waals surface area contributed by atoms with E-state index < -0.39 is 9.05 Å². The molecule has 0 unspecified atom stereocenters. The highest BCUT2D eigenvalue weighted by molar-refractivity contribution is 8.13. The molecule has 2 heterocycles. The van der Waals surface area contributed by atoms with Crippen LogP contribution in [0.1, 0.15) is 6.92 Å². The average Bonchev–Trinajstić information content (AvgIpc) is 2.90. The summed E-state index contributed by atoms with van der Waals surface area (Å²) in [5, 5.41) is 9.25. The van der Waals surface area contributed by atoms with Crippen LogP contribution < -0.4 is 0 Å². The van der Waals surface area contributed by atoms with Gasteiger partial charge in [-0.05, 0) is 18.4 Å². The molecule has 8 heteroatoms. The summed E-state index contributed by atoms with van der Waals surface area (Å²) >= 11 is 0. The summed E-state index contributed by atoms with van der Waals surface area (Å²) in [5.74, 6) is 0.383. The van der Waals surface area contributed by atoms with Gasteiger partial charge in [-0.25, -0.2) is 8.42 Å². The molecule has 0 radical (unpaired) electrons. The maximum Gasteiger partial charge on any atom is 0.296 e. The van der Waals surface area contributed by atoms with Crippen molar-refractivity contribution in [2.45, 2.75) is 18.6 Å². The number of pyridine rings is 1. The van der Waals surface area contributed by atoms with Crippen LogP contribution in [0.5, 0.6) is 0 Å². The largest absolute Gasteiger partial charge is 0.296 e. The van der Waals surface area contributed by atoms with E-state index in [2.05, 4.69) is 15.2 Å². The molecule has 2 aromatic heterocycles. The first kappa shape index (κ1) is 14.0. The Labute approximate surface area is 125 Å². The molecule has 0 saturated heterocycles. The molecule has 0 saturated carbocycles. The molecular formula is C13H11ClN4O2S. The van der Waals surface area contributed by atoms with E-state index in [0.717, 1.165) is 10.8 Å². The highest BCUT2D eigenvalue weighted by Gasteiger charge is 2.23. The van der Waals surface area contributed by atoms with Gasteiger partial charge in [0, 0.05) is 28.8 Å². The van der Waals surface area contributed by atoms with Crippen LogP contribution in [0.3, 0.4) is 0 Å². The first-order chi connectivity index (χ1) is 10.0. The van der Waals surface area contributed by atoms with Crippen molar-refractivity contribution in [3.63, 3.8) is 0 Å². The monoisotopic (exact) mass is 322 g/mol. The fraction of sp³-hybridized carbons (Fsp3) is 0.154. The minimum Gasteiger partial charge on any atom is -0.296 e. The Morgan fingerprint density at radius 1 is 1.19 bits per heavy atom. The minimum absolute atomic E-state index is 0.267. The van der Waals surface area contributed by atoms with Crippen molar-refractivity contribution in [3.05, 3.63) is 36.5 Å². The second-order valence-corrected chi connectivity index (χ2v) is 6.83. The number of aromatic nitrogens is 4. The molecule has 0 N–H and O–H groups in total. The molecule has 0 aliphatic heterocycles. The van der Waals surface area contributed by atoms with E-state index in [9.17, 15) is 8.42 Å². The topological polar surface area (TPSA) is 77.7 Å². The zero-order chi connectivity index (χ0) is 15.0. The fourth-order valence-electron chi connectivity index (χ4n) is 2.23. The number of fused-ring (bicyclic) bond motifs is 1. The second kappa shape index (κ2) is 5.09. The van der Waals surface area contributed by atoms with Crippen LogP contribution in [-0.2, 0) is 15.6 Å². The summed E-state index contributed by atoms with van der Waals surface area (Å²) < 4.78 is 24.5. The lowest BCUT2D eigenvalue weighted by atomic mass is 10.1. The Morgan fingerprint density at radius 3 is 2.67 bits per heavy atom. The molecule has 3 rings (SSSR count). The predicted octanol–water partition coefficient (Wildman–Crippen LogP) is 2.44. The van der Waals surface area contributed by atoms with Crippen molar-refractivity contribution in [1.29, 1.82) is 0 Å². The van der Waals surface area contributed by atoms with Gasteiger partial charge >= 0.3 is 0 Å². The smallest absolute Gasteiger partial charge is 0.296 e. The van der Waals surface area contributed by atoms with Crippen molar-refractivity contribution < 1.29 is 8.42 Å². The van der Waals surface area contributed by atoms with E-state index in [1.165, 1.54) is 4.57 Å². The number of nitrogens with zero attached hydrogens (tertiary/aromatic N) is 4. The SMILES string of the molecule is CCn1c(-c2nccc3ccccc23)nnc1S(=O)(=O)Cl. The first-order valence-corrected chi connectivity index (χ1v) is 8.55. The Balaban J connectivity index is 2.32. The highest BCUT2D eigenvalue weighted by atomic mass is 35.7. The fourth-order valence-corrected chi connectivity index (χ4v) is 3.19. The third-order valence-electron chi connectivity index (χ3n) is 3.14. The summed E-state index contributed by atoms with van der Waals surface area (Å²) in [6.45, 7) is 2.16. The molecular weight excluding hydrogens is 312 g/mol. The van der Waals surface area contributed by atoms with E-state index in [4.69, 9.17) is 10.7 Å². The number of rotatable bonds is 3. The van der Waals surface area contributed by atoms with Gasteiger partial charge in [0.15, 0.2) is 5.82 Å². The molecule has 0 aliphatic rings. The Morgan fingerprint density at radius 2 is 1.95 bits per heavy atom. The van der Waals surface area contributed by atoms with Crippen LogP contribution in [-0.4, -0.2) is 28.2 Å². The molecule has 0 amide bonds. The van der Waals surface area contributed by atoms with Crippen LogP contribution in [0, 0.1) is 0 Å². The summed E-state index contributed by atoms with van der Waals surface area (Å²) in [6.07, 6.45) is 1.65. The molecule has 0 bridgehead atoms. The minimum atomic E-state index is -3.95. The van der Waals surface area contributed by atoms with Crippen molar-refractivity contribution >= 4 is 30.5 Å². The van der Waals surface area contributed by atoms with Crippen LogP contribution in [0.4, 0.5) is 0 Å². The van der Waals surface area contributed by atoms with Gasteiger partial charge in [0.2, 0.25) is 0 Å².